The number of carbonyl (C=O) groups is 1. The SMILES string of the molecule is Cc1nn(-c2ccccc2)c(C)c1CN(C)C(=O)[C@@H](C)Oc1ccc(Cl)cc1. The fraction of sp³-hybridized carbons (Fsp3) is 0.273. The summed E-state index contributed by atoms with van der Waals surface area (Å²) in [7, 11) is 1.78. The van der Waals surface area contributed by atoms with E-state index in [0.29, 0.717) is 17.3 Å². The van der Waals surface area contributed by atoms with Crippen LogP contribution in [0.5, 0.6) is 5.75 Å². The van der Waals surface area contributed by atoms with Gasteiger partial charge in [0.2, 0.25) is 0 Å². The number of benzene rings is 2. The minimum Gasteiger partial charge on any atom is -0.481 e. The molecule has 0 aliphatic rings. The molecule has 0 aliphatic heterocycles. The summed E-state index contributed by atoms with van der Waals surface area (Å²) in [6, 6.07) is 17.0. The number of likely N-dealkylation sites (N-methyl/N-ethyl adjacent to an activating group) is 1. The highest BCUT2D eigenvalue weighted by atomic mass is 35.5. The van der Waals surface area contributed by atoms with E-state index in [0.717, 1.165) is 22.6 Å². The van der Waals surface area contributed by atoms with Gasteiger partial charge in [-0.2, -0.15) is 5.10 Å². The summed E-state index contributed by atoms with van der Waals surface area (Å²) < 4.78 is 7.67. The highest BCUT2D eigenvalue weighted by Gasteiger charge is 2.22. The Morgan fingerprint density at radius 2 is 1.79 bits per heavy atom. The van der Waals surface area contributed by atoms with Gasteiger partial charge >= 0.3 is 0 Å². The molecule has 1 heterocycles. The molecule has 0 radical (unpaired) electrons. The second-order valence-electron chi connectivity index (χ2n) is 6.81. The molecule has 0 fully saturated rings. The van der Waals surface area contributed by atoms with Crippen molar-refractivity contribution in [2.75, 3.05) is 7.05 Å². The Labute approximate surface area is 170 Å². The Kier molecular flexibility index (Phi) is 6.05. The number of aromatic nitrogens is 2. The molecule has 0 aliphatic carbocycles. The predicted molar refractivity (Wildman–Crippen MR) is 111 cm³/mol. The van der Waals surface area contributed by atoms with Crippen LogP contribution in [0.3, 0.4) is 0 Å². The zero-order valence-corrected chi connectivity index (χ0v) is 17.3. The lowest BCUT2D eigenvalue weighted by Gasteiger charge is -2.22. The summed E-state index contributed by atoms with van der Waals surface area (Å²) in [6.45, 7) is 6.21. The molecular weight excluding hydrogens is 374 g/mol. The first kappa shape index (κ1) is 20.0. The first-order chi connectivity index (χ1) is 13.4. The fourth-order valence-electron chi connectivity index (χ4n) is 3.12. The van der Waals surface area contributed by atoms with Crippen LogP contribution < -0.4 is 4.74 Å². The molecule has 0 N–H and O–H groups in total. The minimum absolute atomic E-state index is 0.0961. The first-order valence-corrected chi connectivity index (χ1v) is 9.52. The summed E-state index contributed by atoms with van der Waals surface area (Å²) in [4.78, 5) is 14.4. The normalized spacial score (nSPS) is 11.9. The van der Waals surface area contributed by atoms with Crippen LogP contribution >= 0.6 is 11.6 Å². The second kappa shape index (κ2) is 8.48. The molecule has 6 heteroatoms. The monoisotopic (exact) mass is 397 g/mol. The van der Waals surface area contributed by atoms with Crippen LogP contribution in [0.2, 0.25) is 5.02 Å². The lowest BCUT2D eigenvalue weighted by Crippen LogP contribution is -2.37. The van der Waals surface area contributed by atoms with Crippen molar-refractivity contribution in [3.05, 3.63) is 76.6 Å². The summed E-state index contributed by atoms with van der Waals surface area (Å²) >= 11 is 5.89. The average Bonchev–Trinajstić information content (AvgIpc) is 2.98. The zero-order chi connectivity index (χ0) is 20.3. The molecule has 2 aromatic carbocycles. The molecule has 0 unspecified atom stereocenters. The molecule has 1 aromatic heterocycles. The van der Waals surface area contributed by atoms with Crippen molar-refractivity contribution >= 4 is 17.5 Å². The first-order valence-electron chi connectivity index (χ1n) is 9.14. The van der Waals surface area contributed by atoms with Crippen LogP contribution in [0.25, 0.3) is 5.69 Å². The van der Waals surface area contributed by atoms with Gasteiger partial charge in [0, 0.05) is 29.9 Å². The average molecular weight is 398 g/mol. The number of rotatable bonds is 6. The van der Waals surface area contributed by atoms with Gasteiger partial charge in [0.15, 0.2) is 6.10 Å². The topological polar surface area (TPSA) is 47.4 Å². The third kappa shape index (κ3) is 4.37. The Bertz CT molecular complexity index is 952. The van der Waals surface area contributed by atoms with Gasteiger partial charge < -0.3 is 9.64 Å². The Hall–Kier alpha value is -2.79. The lowest BCUT2D eigenvalue weighted by atomic mass is 10.1. The number of hydrogen-bond acceptors (Lipinski definition) is 3. The standard InChI is InChI=1S/C22H24ClN3O2/c1-15-21(16(2)26(24-15)19-8-6-5-7-9-19)14-25(4)22(27)17(3)28-20-12-10-18(23)11-13-20/h5-13,17H,14H2,1-4H3/t17-/m1/s1. The van der Waals surface area contributed by atoms with Crippen molar-refractivity contribution < 1.29 is 9.53 Å². The maximum atomic E-state index is 12.8. The number of ether oxygens (including phenoxy) is 1. The Morgan fingerprint density at radius 1 is 1.14 bits per heavy atom. The van der Waals surface area contributed by atoms with E-state index in [1.807, 2.05) is 48.9 Å². The maximum absolute atomic E-state index is 12.8. The van der Waals surface area contributed by atoms with Crippen LogP contribution in [-0.4, -0.2) is 33.7 Å². The molecule has 0 bridgehead atoms. The Balaban J connectivity index is 1.71. The number of nitrogens with zero attached hydrogens (tertiary/aromatic N) is 3. The van der Waals surface area contributed by atoms with Crippen LogP contribution in [0, 0.1) is 13.8 Å². The number of carbonyl (C=O) groups excluding carboxylic acids is 1. The van der Waals surface area contributed by atoms with Gasteiger partial charge in [-0.25, -0.2) is 4.68 Å². The fourth-order valence-corrected chi connectivity index (χ4v) is 3.24. The van der Waals surface area contributed by atoms with E-state index >= 15 is 0 Å². The molecule has 5 nitrogen and oxygen atoms in total. The van der Waals surface area contributed by atoms with Gasteiger partial charge in [-0.15, -0.1) is 0 Å². The van der Waals surface area contributed by atoms with Crippen LogP contribution in [0.15, 0.2) is 54.6 Å². The van der Waals surface area contributed by atoms with Gasteiger partial charge in [-0.05, 0) is 57.2 Å². The Morgan fingerprint density at radius 3 is 2.43 bits per heavy atom. The van der Waals surface area contributed by atoms with Crippen LogP contribution in [-0.2, 0) is 11.3 Å². The van der Waals surface area contributed by atoms with Crippen molar-refractivity contribution in [3.8, 4) is 11.4 Å². The summed E-state index contributed by atoms with van der Waals surface area (Å²) in [5, 5.41) is 5.28. The van der Waals surface area contributed by atoms with Crippen molar-refractivity contribution in [2.45, 2.75) is 33.4 Å². The third-order valence-corrected chi connectivity index (χ3v) is 4.94. The number of hydrogen-bond donors (Lipinski definition) is 0. The van der Waals surface area contributed by atoms with Crippen LogP contribution in [0.4, 0.5) is 0 Å². The molecule has 28 heavy (non-hydrogen) atoms. The number of para-hydroxylation sites is 1. The zero-order valence-electron chi connectivity index (χ0n) is 16.5. The van der Waals surface area contributed by atoms with Crippen LogP contribution in [0.1, 0.15) is 23.9 Å². The van der Waals surface area contributed by atoms with E-state index in [1.54, 1.807) is 43.1 Å². The quantitative estimate of drug-likeness (QED) is 0.612. The van der Waals surface area contributed by atoms with E-state index in [1.165, 1.54) is 0 Å². The molecular formula is C22H24ClN3O2. The van der Waals surface area contributed by atoms with Crippen molar-refractivity contribution in [2.24, 2.45) is 0 Å². The third-order valence-electron chi connectivity index (χ3n) is 4.69. The molecule has 0 saturated heterocycles. The molecule has 1 atom stereocenters. The predicted octanol–water partition coefficient (Wildman–Crippen LogP) is 4.57. The molecule has 3 aromatic rings. The minimum atomic E-state index is -0.601. The molecule has 1 amide bonds. The highest BCUT2D eigenvalue weighted by Crippen LogP contribution is 2.21. The van der Waals surface area contributed by atoms with E-state index in [4.69, 9.17) is 16.3 Å². The molecule has 0 saturated carbocycles. The van der Waals surface area contributed by atoms with E-state index in [-0.39, 0.29) is 5.91 Å². The van der Waals surface area contributed by atoms with Crippen molar-refractivity contribution in [3.63, 3.8) is 0 Å². The lowest BCUT2D eigenvalue weighted by molar-refractivity contribution is -0.137. The largest absolute Gasteiger partial charge is 0.481 e. The smallest absolute Gasteiger partial charge is 0.263 e. The van der Waals surface area contributed by atoms with Crippen molar-refractivity contribution in [1.82, 2.24) is 14.7 Å². The summed E-state index contributed by atoms with van der Waals surface area (Å²) in [6.07, 6.45) is -0.601. The summed E-state index contributed by atoms with van der Waals surface area (Å²) in [5.41, 5.74) is 3.98. The molecule has 146 valence electrons. The second-order valence-corrected chi connectivity index (χ2v) is 7.24. The van der Waals surface area contributed by atoms with E-state index in [9.17, 15) is 4.79 Å². The molecule has 3 rings (SSSR count). The van der Waals surface area contributed by atoms with Gasteiger partial charge in [-0.3, -0.25) is 4.79 Å². The maximum Gasteiger partial charge on any atom is 0.263 e. The number of amides is 1. The van der Waals surface area contributed by atoms with Gasteiger partial charge in [-0.1, -0.05) is 29.8 Å². The van der Waals surface area contributed by atoms with Crippen molar-refractivity contribution in [1.29, 1.82) is 0 Å². The molecule has 0 spiro atoms. The van der Waals surface area contributed by atoms with Gasteiger partial charge in [0.05, 0.1) is 11.4 Å². The summed E-state index contributed by atoms with van der Waals surface area (Å²) in [5.74, 6) is 0.518. The van der Waals surface area contributed by atoms with Gasteiger partial charge in [0.1, 0.15) is 5.75 Å². The number of halogens is 1. The highest BCUT2D eigenvalue weighted by molar-refractivity contribution is 6.30. The van der Waals surface area contributed by atoms with E-state index < -0.39 is 6.10 Å². The van der Waals surface area contributed by atoms with Gasteiger partial charge in [0.25, 0.3) is 5.91 Å². The van der Waals surface area contributed by atoms with E-state index in [2.05, 4.69) is 5.10 Å². The number of aryl methyl sites for hydroxylation is 1.